The van der Waals surface area contributed by atoms with Gasteiger partial charge in [-0.3, -0.25) is 10.3 Å². The standard InChI is InChI=1S/C24H22N8O2S/c1-3-25-23(34)31-24-30-18-11-14(10-16(20(18)35-24)17-6-4-5-7-26-17)15-12-28-21(29-13-15)19(33)22-27-8-9-32(22)2/h4-13,19,33H,3H2,1-2H3,(H2,25,30,31,34). The van der Waals surface area contributed by atoms with Gasteiger partial charge in [-0.2, -0.15) is 0 Å². The number of aryl methyl sites for hydroxylation is 1. The molecule has 0 radical (unpaired) electrons. The van der Waals surface area contributed by atoms with Gasteiger partial charge in [0.15, 0.2) is 17.1 Å². The molecule has 176 valence electrons. The van der Waals surface area contributed by atoms with Crippen molar-refractivity contribution in [1.29, 1.82) is 0 Å². The number of aliphatic hydroxyl groups is 1. The first-order valence-electron chi connectivity index (χ1n) is 10.9. The second-order valence-corrected chi connectivity index (χ2v) is 8.72. The van der Waals surface area contributed by atoms with E-state index in [-0.39, 0.29) is 11.9 Å². The van der Waals surface area contributed by atoms with Crippen LogP contribution in [0.4, 0.5) is 9.93 Å². The average molecular weight is 487 g/mol. The first-order valence-corrected chi connectivity index (χ1v) is 11.7. The maximum absolute atomic E-state index is 12.0. The van der Waals surface area contributed by atoms with Crippen molar-refractivity contribution in [3.05, 3.63) is 73.0 Å². The Bertz CT molecular complexity index is 1480. The number of aliphatic hydroxyl groups excluding tert-OH is 1. The minimum atomic E-state index is -1.03. The molecule has 4 aromatic heterocycles. The van der Waals surface area contributed by atoms with Gasteiger partial charge in [-0.15, -0.1) is 0 Å². The summed E-state index contributed by atoms with van der Waals surface area (Å²) in [4.78, 5) is 34.1. The normalized spacial score (nSPS) is 12.0. The van der Waals surface area contributed by atoms with E-state index in [1.165, 1.54) is 11.3 Å². The van der Waals surface area contributed by atoms with Crippen LogP contribution in [-0.2, 0) is 7.05 Å². The van der Waals surface area contributed by atoms with E-state index in [1.54, 1.807) is 42.6 Å². The molecule has 3 N–H and O–H groups in total. The van der Waals surface area contributed by atoms with E-state index >= 15 is 0 Å². The van der Waals surface area contributed by atoms with Crippen LogP contribution in [0.1, 0.15) is 24.7 Å². The monoisotopic (exact) mass is 486 g/mol. The number of pyridine rings is 1. The molecule has 5 aromatic rings. The van der Waals surface area contributed by atoms with Crippen molar-refractivity contribution >= 4 is 32.7 Å². The van der Waals surface area contributed by atoms with Gasteiger partial charge in [0, 0.05) is 55.7 Å². The van der Waals surface area contributed by atoms with Gasteiger partial charge in [-0.1, -0.05) is 17.4 Å². The fourth-order valence-corrected chi connectivity index (χ4v) is 4.62. The number of hydrogen-bond acceptors (Lipinski definition) is 8. The van der Waals surface area contributed by atoms with Crippen LogP contribution in [0.2, 0.25) is 0 Å². The molecule has 1 aromatic carbocycles. The lowest BCUT2D eigenvalue weighted by Crippen LogP contribution is -2.28. The van der Waals surface area contributed by atoms with E-state index in [0.29, 0.717) is 17.5 Å². The number of carbonyl (C=O) groups excluding carboxylic acids is 1. The number of fused-ring (bicyclic) bond motifs is 1. The van der Waals surface area contributed by atoms with E-state index in [1.807, 2.05) is 37.3 Å². The average Bonchev–Trinajstić information content (AvgIpc) is 3.49. The number of amides is 2. The van der Waals surface area contributed by atoms with Crippen molar-refractivity contribution in [1.82, 2.24) is 34.8 Å². The minimum Gasteiger partial charge on any atom is -0.377 e. The van der Waals surface area contributed by atoms with Gasteiger partial charge in [0.2, 0.25) is 0 Å². The van der Waals surface area contributed by atoms with Gasteiger partial charge in [0.05, 0.1) is 15.9 Å². The number of thiazole rings is 1. The third-order valence-corrected chi connectivity index (χ3v) is 6.36. The Balaban J connectivity index is 1.54. The fourth-order valence-electron chi connectivity index (χ4n) is 3.65. The topological polar surface area (TPSA) is 131 Å². The molecule has 0 bridgehead atoms. The van der Waals surface area contributed by atoms with Gasteiger partial charge >= 0.3 is 6.03 Å². The van der Waals surface area contributed by atoms with Crippen LogP contribution >= 0.6 is 11.3 Å². The van der Waals surface area contributed by atoms with E-state index in [2.05, 4.69) is 35.6 Å². The molecule has 0 fully saturated rings. The Kier molecular flexibility index (Phi) is 6.17. The molecule has 35 heavy (non-hydrogen) atoms. The smallest absolute Gasteiger partial charge is 0.321 e. The van der Waals surface area contributed by atoms with E-state index in [4.69, 9.17) is 0 Å². The Morgan fingerprint density at radius 3 is 2.63 bits per heavy atom. The molecule has 11 heteroatoms. The van der Waals surface area contributed by atoms with Crippen molar-refractivity contribution in [3.8, 4) is 22.4 Å². The highest BCUT2D eigenvalue weighted by Gasteiger charge is 2.19. The molecule has 0 aliphatic heterocycles. The molecule has 5 rings (SSSR count). The number of nitrogens with one attached hydrogen (secondary N) is 2. The Labute approximate surface area is 204 Å². The molecule has 0 saturated heterocycles. The van der Waals surface area contributed by atoms with Crippen molar-refractivity contribution in [2.24, 2.45) is 7.05 Å². The molecule has 10 nitrogen and oxygen atoms in total. The zero-order valence-corrected chi connectivity index (χ0v) is 19.8. The highest BCUT2D eigenvalue weighted by atomic mass is 32.1. The number of hydrogen-bond donors (Lipinski definition) is 3. The molecular formula is C24H22N8O2S. The van der Waals surface area contributed by atoms with Gasteiger partial charge in [0.1, 0.15) is 5.82 Å². The summed E-state index contributed by atoms with van der Waals surface area (Å²) >= 11 is 1.39. The number of urea groups is 1. The SMILES string of the molecule is CCNC(=O)Nc1nc2cc(-c3cnc(C(O)c4nccn4C)nc3)cc(-c3ccccn3)c2s1. The molecule has 4 heterocycles. The number of nitrogens with zero attached hydrogens (tertiary/aromatic N) is 6. The summed E-state index contributed by atoms with van der Waals surface area (Å²) in [5.41, 5.74) is 3.99. The van der Waals surface area contributed by atoms with E-state index in [0.717, 1.165) is 32.6 Å². The number of imidazole rings is 1. The summed E-state index contributed by atoms with van der Waals surface area (Å²) in [6, 6.07) is 9.34. The molecule has 0 spiro atoms. The van der Waals surface area contributed by atoms with E-state index in [9.17, 15) is 9.90 Å². The van der Waals surface area contributed by atoms with Crippen LogP contribution < -0.4 is 10.6 Å². The lowest BCUT2D eigenvalue weighted by Gasteiger charge is -2.10. The Morgan fingerprint density at radius 2 is 1.94 bits per heavy atom. The maximum atomic E-state index is 12.0. The minimum absolute atomic E-state index is 0.260. The van der Waals surface area contributed by atoms with Crippen molar-refractivity contribution in [2.45, 2.75) is 13.0 Å². The van der Waals surface area contributed by atoms with Crippen LogP contribution in [0.3, 0.4) is 0 Å². The fraction of sp³-hybridized carbons (Fsp3) is 0.167. The van der Waals surface area contributed by atoms with E-state index < -0.39 is 6.10 Å². The molecule has 2 amide bonds. The highest BCUT2D eigenvalue weighted by Crippen LogP contribution is 2.38. The zero-order chi connectivity index (χ0) is 24.4. The van der Waals surface area contributed by atoms with Crippen LogP contribution in [0.25, 0.3) is 32.6 Å². The first kappa shape index (κ1) is 22.6. The number of benzene rings is 1. The second-order valence-electron chi connectivity index (χ2n) is 7.72. The van der Waals surface area contributed by atoms with Crippen LogP contribution in [0, 0.1) is 0 Å². The molecule has 1 unspecified atom stereocenters. The summed E-state index contributed by atoms with van der Waals surface area (Å²) in [5, 5.41) is 16.6. The highest BCUT2D eigenvalue weighted by molar-refractivity contribution is 7.22. The summed E-state index contributed by atoms with van der Waals surface area (Å²) in [7, 11) is 1.80. The predicted octanol–water partition coefficient (Wildman–Crippen LogP) is 3.77. The Morgan fingerprint density at radius 1 is 1.11 bits per heavy atom. The molecule has 0 saturated carbocycles. The molecule has 0 aliphatic carbocycles. The van der Waals surface area contributed by atoms with Crippen molar-refractivity contribution in [2.75, 3.05) is 11.9 Å². The van der Waals surface area contributed by atoms with Gasteiger partial charge in [0.25, 0.3) is 0 Å². The summed E-state index contributed by atoms with van der Waals surface area (Å²) in [6.07, 6.45) is 7.40. The van der Waals surface area contributed by atoms with Gasteiger partial charge < -0.3 is 15.0 Å². The molecular weight excluding hydrogens is 464 g/mol. The van der Waals surface area contributed by atoms with Crippen molar-refractivity contribution < 1.29 is 9.90 Å². The third-order valence-electron chi connectivity index (χ3n) is 5.34. The van der Waals surface area contributed by atoms with Crippen LogP contribution in [0.15, 0.2) is 61.3 Å². The number of aromatic nitrogens is 6. The first-order chi connectivity index (χ1) is 17.0. The van der Waals surface area contributed by atoms with Crippen LogP contribution in [0.5, 0.6) is 0 Å². The maximum Gasteiger partial charge on any atom is 0.321 e. The quantitative estimate of drug-likeness (QED) is 0.333. The van der Waals surface area contributed by atoms with Crippen molar-refractivity contribution in [3.63, 3.8) is 0 Å². The molecule has 1 atom stereocenters. The number of carbonyl (C=O) groups is 1. The summed E-state index contributed by atoms with van der Waals surface area (Å²) < 4.78 is 2.63. The van der Waals surface area contributed by atoms with Crippen LogP contribution in [-0.4, -0.2) is 47.2 Å². The summed E-state index contributed by atoms with van der Waals surface area (Å²) in [5.74, 6) is 0.724. The largest absolute Gasteiger partial charge is 0.377 e. The lowest BCUT2D eigenvalue weighted by molar-refractivity contribution is 0.196. The number of rotatable bonds is 6. The number of anilines is 1. The van der Waals surface area contributed by atoms with Gasteiger partial charge in [-0.05, 0) is 36.8 Å². The molecule has 0 aliphatic rings. The third kappa shape index (κ3) is 4.59. The Hall–Kier alpha value is -4.22. The lowest BCUT2D eigenvalue weighted by atomic mass is 10.0. The predicted molar refractivity (Wildman–Crippen MR) is 134 cm³/mol. The summed E-state index contributed by atoms with van der Waals surface area (Å²) in [6.45, 7) is 2.37. The zero-order valence-electron chi connectivity index (χ0n) is 19.0. The van der Waals surface area contributed by atoms with Gasteiger partial charge in [-0.25, -0.2) is 24.7 Å². The second kappa shape index (κ2) is 9.57.